The zero-order valence-electron chi connectivity index (χ0n) is 8.36. The number of hydrogen-bond acceptors (Lipinski definition) is 5. The number of aromatic nitrogens is 3. The largest absolute Gasteiger partial charge is 0.468 e. The number of aryl methyl sites for hydroxylation is 1. The Labute approximate surface area is 82.3 Å². The van der Waals surface area contributed by atoms with Crippen molar-refractivity contribution >= 4 is 5.97 Å². The van der Waals surface area contributed by atoms with Gasteiger partial charge < -0.3 is 4.74 Å². The lowest BCUT2D eigenvalue weighted by molar-refractivity contribution is -0.139. The van der Waals surface area contributed by atoms with Crippen LogP contribution in [0.5, 0.6) is 0 Å². The van der Waals surface area contributed by atoms with Crippen LogP contribution in [0.15, 0.2) is 6.33 Å². The summed E-state index contributed by atoms with van der Waals surface area (Å²) in [7, 11) is 1.36. The monoisotopic (exact) mass is 198 g/mol. The first-order chi connectivity index (χ1) is 6.77. The van der Waals surface area contributed by atoms with E-state index in [9.17, 15) is 4.79 Å². The van der Waals surface area contributed by atoms with Crippen molar-refractivity contribution < 1.29 is 9.53 Å². The smallest absolute Gasteiger partial charge is 0.319 e. The zero-order valence-corrected chi connectivity index (χ0v) is 8.36. The fourth-order valence-corrected chi connectivity index (χ4v) is 1.04. The van der Waals surface area contributed by atoms with Crippen LogP contribution in [0.2, 0.25) is 0 Å². The molecule has 0 saturated heterocycles. The van der Waals surface area contributed by atoms with Crippen LogP contribution in [-0.4, -0.2) is 34.4 Å². The van der Waals surface area contributed by atoms with Crippen molar-refractivity contribution in [1.29, 1.82) is 0 Å². The second kappa shape index (κ2) is 5.33. The van der Waals surface area contributed by atoms with Crippen LogP contribution >= 0.6 is 0 Å². The highest BCUT2D eigenvalue weighted by atomic mass is 16.5. The van der Waals surface area contributed by atoms with Crippen molar-refractivity contribution in [1.82, 2.24) is 20.1 Å². The number of rotatable bonds is 5. The summed E-state index contributed by atoms with van der Waals surface area (Å²) in [5, 5.41) is 6.92. The molecular weight excluding hydrogens is 184 g/mol. The molecule has 0 radical (unpaired) electrons. The molecule has 6 heteroatoms. The highest BCUT2D eigenvalue weighted by Crippen LogP contribution is 1.92. The highest BCUT2D eigenvalue weighted by molar-refractivity contribution is 5.71. The molecule has 1 rings (SSSR count). The van der Waals surface area contributed by atoms with E-state index in [1.54, 1.807) is 4.68 Å². The van der Waals surface area contributed by atoms with Crippen LogP contribution in [0, 0.1) is 0 Å². The number of carbonyl (C=O) groups excluding carboxylic acids is 1. The van der Waals surface area contributed by atoms with E-state index in [2.05, 4.69) is 20.1 Å². The molecule has 1 aromatic heterocycles. The number of nitrogens with one attached hydrogen (secondary N) is 1. The van der Waals surface area contributed by atoms with E-state index in [-0.39, 0.29) is 12.5 Å². The second-order valence-corrected chi connectivity index (χ2v) is 2.67. The molecule has 0 aliphatic carbocycles. The quantitative estimate of drug-likeness (QED) is 0.649. The second-order valence-electron chi connectivity index (χ2n) is 2.67. The maximum absolute atomic E-state index is 10.8. The van der Waals surface area contributed by atoms with E-state index in [1.807, 2.05) is 6.92 Å². The van der Waals surface area contributed by atoms with E-state index in [0.29, 0.717) is 6.54 Å². The van der Waals surface area contributed by atoms with Crippen molar-refractivity contribution in [2.24, 2.45) is 0 Å². The molecule has 78 valence electrons. The molecule has 0 amide bonds. The van der Waals surface area contributed by atoms with Gasteiger partial charge in [0.15, 0.2) is 0 Å². The van der Waals surface area contributed by atoms with E-state index >= 15 is 0 Å². The third kappa shape index (κ3) is 2.81. The minimum absolute atomic E-state index is 0.188. The zero-order chi connectivity index (χ0) is 10.4. The lowest BCUT2D eigenvalue weighted by atomic mass is 10.5. The van der Waals surface area contributed by atoms with E-state index in [0.717, 1.165) is 12.4 Å². The van der Waals surface area contributed by atoms with Gasteiger partial charge in [-0.3, -0.25) is 10.1 Å². The number of hydrogen-bond donors (Lipinski definition) is 1. The van der Waals surface area contributed by atoms with Crippen molar-refractivity contribution in [3.8, 4) is 0 Å². The third-order valence-corrected chi connectivity index (χ3v) is 1.78. The van der Waals surface area contributed by atoms with Gasteiger partial charge in [-0.05, 0) is 6.92 Å². The van der Waals surface area contributed by atoms with Crippen molar-refractivity contribution in [2.45, 2.75) is 20.0 Å². The Bertz CT molecular complexity index is 297. The Balaban J connectivity index is 2.34. The normalized spacial score (nSPS) is 10.1. The number of carbonyl (C=O) groups is 1. The number of nitrogens with zero attached hydrogens (tertiary/aromatic N) is 3. The Kier molecular flexibility index (Phi) is 4.06. The summed E-state index contributed by atoms with van der Waals surface area (Å²) in [6.45, 7) is 3.46. The molecule has 0 spiro atoms. The van der Waals surface area contributed by atoms with E-state index in [1.165, 1.54) is 13.4 Å². The fraction of sp³-hybridized carbons (Fsp3) is 0.625. The van der Waals surface area contributed by atoms with Gasteiger partial charge >= 0.3 is 5.97 Å². The van der Waals surface area contributed by atoms with Crippen LogP contribution in [0.1, 0.15) is 12.7 Å². The van der Waals surface area contributed by atoms with Crippen LogP contribution in [0.4, 0.5) is 0 Å². The predicted molar refractivity (Wildman–Crippen MR) is 49.4 cm³/mol. The molecule has 0 fully saturated rings. The highest BCUT2D eigenvalue weighted by Gasteiger charge is 2.03. The number of methoxy groups -OCH3 is 1. The summed E-state index contributed by atoms with van der Waals surface area (Å²) in [6, 6.07) is 0. The van der Waals surface area contributed by atoms with E-state index < -0.39 is 0 Å². The summed E-state index contributed by atoms with van der Waals surface area (Å²) in [4.78, 5) is 14.8. The summed E-state index contributed by atoms with van der Waals surface area (Å²) in [5.41, 5.74) is 0. The van der Waals surface area contributed by atoms with Gasteiger partial charge in [0.25, 0.3) is 0 Å². The Hall–Kier alpha value is -1.43. The molecule has 1 aromatic rings. The molecule has 1 heterocycles. The molecule has 6 nitrogen and oxygen atoms in total. The molecule has 0 atom stereocenters. The van der Waals surface area contributed by atoms with Gasteiger partial charge in [0.1, 0.15) is 12.2 Å². The van der Waals surface area contributed by atoms with Crippen LogP contribution in [0.25, 0.3) is 0 Å². The van der Waals surface area contributed by atoms with Gasteiger partial charge in [-0.1, -0.05) is 0 Å². The van der Waals surface area contributed by atoms with Gasteiger partial charge in [-0.2, -0.15) is 5.10 Å². The summed E-state index contributed by atoms with van der Waals surface area (Å²) < 4.78 is 6.25. The van der Waals surface area contributed by atoms with Gasteiger partial charge in [-0.15, -0.1) is 0 Å². The van der Waals surface area contributed by atoms with Crippen LogP contribution < -0.4 is 5.32 Å². The fourth-order valence-electron chi connectivity index (χ4n) is 1.04. The number of ether oxygens (including phenoxy) is 1. The van der Waals surface area contributed by atoms with Crippen molar-refractivity contribution in [2.75, 3.05) is 13.7 Å². The summed E-state index contributed by atoms with van der Waals surface area (Å²) in [6.07, 6.45) is 1.50. The van der Waals surface area contributed by atoms with E-state index in [4.69, 9.17) is 0 Å². The molecule has 0 saturated carbocycles. The summed E-state index contributed by atoms with van der Waals surface area (Å²) in [5.74, 6) is 0.531. The first-order valence-corrected chi connectivity index (χ1v) is 4.42. The molecule has 0 aromatic carbocycles. The van der Waals surface area contributed by atoms with Crippen molar-refractivity contribution in [3.63, 3.8) is 0 Å². The minimum Gasteiger partial charge on any atom is -0.468 e. The third-order valence-electron chi connectivity index (χ3n) is 1.78. The average Bonchev–Trinajstić information content (AvgIpc) is 2.65. The SMILES string of the molecule is CCn1ncnc1CNCC(=O)OC. The number of esters is 1. The Morgan fingerprint density at radius 1 is 1.71 bits per heavy atom. The van der Waals surface area contributed by atoms with Gasteiger partial charge in [-0.25, -0.2) is 9.67 Å². The lowest BCUT2D eigenvalue weighted by Gasteiger charge is -2.03. The lowest BCUT2D eigenvalue weighted by Crippen LogP contribution is -2.25. The van der Waals surface area contributed by atoms with Gasteiger partial charge in [0, 0.05) is 6.54 Å². The van der Waals surface area contributed by atoms with Crippen LogP contribution in [0.3, 0.4) is 0 Å². The minimum atomic E-state index is -0.285. The standard InChI is InChI=1S/C8H14N4O2/c1-3-12-7(10-6-11-12)4-9-5-8(13)14-2/h6,9H,3-5H2,1-2H3. The topological polar surface area (TPSA) is 69.0 Å². The predicted octanol–water partition coefficient (Wildman–Crippen LogP) is -0.439. The summed E-state index contributed by atoms with van der Waals surface area (Å²) >= 11 is 0. The molecule has 0 unspecified atom stereocenters. The Morgan fingerprint density at radius 2 is 2.50 bits per heavy atom. The molecular formula is C8H14N4O2. The molecule has 0 aliphatic heterocycles. The average molecular weight is 198 g/mol. The van der Waals surface area contributed by atoms with Gasteiger partial charge in [0.2, 0.25) is 0 Å². The molecule has 14 heavy (non-hydrogen) atoms. The molecule has 0 bridgehead atoms. The molecule has 1 N–H and O–H groups in total. The van der Waals surface area contributed by atoms with Crippen LogP contribution in [-0.2, 0) is 22.6 Å². The first kappa shape index (κ1) is 10.6. The first-order valence-electron chi connectivity index (χ1n) is 4.42. The van der Waals surface area contributed by atoms with Gasteiger partial charge in [0.05, 0.1) is 20.2 Å². The Morgan fingerprint density at radius 3 is 3.14 bits per heavy atom. The maximum Gasteiger partial charge on any atom is 0.319 e. The van der Waals surface area contributed by atoms with Crippen molar-refractivity contribution in [3.05, 3.63) is 12.2 Å². The molecule has 0 aliphatic rings. The maximum atomic E-state index is 10.8.